The van der Waals surface area contributed by atoms with Gasteiger partial charge in [0.2, 0.25) is 0 Å². The van der Waals surface area contributed by atoms with Crippen molar-refractivity contribution < 1.29 is 8.81 Å². The molecule has 2 aromatic rings. The lowest BCUT2D eigenvalue weighted by atomic mass is 9.96. The molecule has 0 bridgehead atoms. The summed E-state index contributed by atoms with van der Waals surface area (Å²) in [5, 5.41) is 8.91. The first-order chi connectivity index (χ1) is 10.2. The number of anilines is 1. The Balaban J connectivity index is 1.75. The molecule has 0 amide bonds. The minimum Gasteiger partial charge on any atom is -0.449 e. The Labute approximate surface area is 130 Å². The van der Waals surface area contributed by atoms with Crippen LogP contribution in [-0.4, -0.2) is 18.1 Å². The predicted molar refractivity (Wildman–Crippen MR) is 79.5 cm³/mol. The van der Waals surface area contributed by atoms with E-state index >= 15 is 0 Å². The summed E-state index contributed by atoms with van der Waals surface area (Å²) in [6.07, 6.45) is 4.98. The van der Waals surface area contributed by atoms with E-state index in [-0.39, 0.29) is 5.82 Å². The van der Waals surface area contributed by atoms with Crippen LogP contribution in [0.25, 0.3) is 0 Å². The Hall–Kier alpha value is -1.87. The minimum atomic E-state index is -0.357. The van der Waals surface area contributed by atoms with Gasteiger partial charge in [0, 0.05) is 23.5 Å². The highest BCUT2D eigenvalue weighted by atomic mass is 79.9. The van der Waals surface area contributed by atoms with Crippen molar-refractivity contribution >= 4 is 21.6 Å². The van der Waals surface area contributed by atoms with E-state index in [0.29, 0.717) is 21.6 Å². The fourth-order valence-electron chi connectivity index (χ4n) is 2.67. The van der Waals surface area contributed by atoms with Crippen LogP contribution in [0.4, 0.5) is 10.1 Å². The van der Waals surface area contributed by atoms with Crippen LogP contribution in [0, 0.1) is 17.1 Å². The first-order valence-electron chi connectivity index (χ1n) is 6.72. The summed E-state index contributed by atoms with van der Waals surface area (Å²) in [4.78, 5) is 6.19. The van der Waals surface area contributed by atoms with Crippen LogP contribution in [0.2, 0.25) is 0 Å². The molecule has 21 heavy (non-hydrogen) atoms. The van der Waals surface area contributed by atoms with Gasteiger partial charge in [-0.2, -0.15) is 5.26 Å². The van der Waals surface area contributed by atoms with Gasteiger partial charge in [0.15, 0.2) is 5.89 Å². The van der Waals surface area contributed by atoms with Crippen molar-refractivity contribution in [3.63, 3.8) is 0 Å². The third-order valence-corrected chi connectivity index (χ3v) is 4.45. The molecule has 0 spiro atoms. The van der Waals surface area contributed by atoms with Crippen molar-refractivity contribution in [1.29, 1.82) is 5.26 Å². The van der Waals surface area contributed by atoms with E-state index in [1.54, 1.807) is 18.5 Å². The molecule has 1 aromatic heterocycles. The van der Waals surface area contributed by atoms with Gasteiger partial charge in [0.25, 0.3) is 0 Å². The SMILES string of the molecule is N#Cc1cc(F)c(N2CCC(c3ncco3)CC2)cc1Br. The molecule has 0 aliphatic carbocycles. The maximum Gasteiger partial charge on any atom is 0.197 e. The molecule has 0 saturated carbocycles. The highest BCUT2D eigenvalue weighted by Gasteiger charge is 2.25. The summed E-state index contributed by atoms with van der Waals surface area (Å²) in [6.45, 7) is 1.48. The number of oxazole rings is 1. The summed E-state index contributed by atoms with van der Waals surface area (Å²) < 4.78 is 20.1. The average molecular weight is 350 g/mol. The number of halogens is 2. The zero-order valence-corrected chi connectivity index (χ0v) is 12.8. The highest BCUT2D eigenvalue weighted by Crippen LogP contribution is 2.33. The van der Waals surface area contributed by atoms with Crippen molar-refractivity contribution in [3.05, 3.63) is 46.3 Å². The molecule has 4 nitrogen and oxygen atoms in total. The molecule has 1 aromatic carbocycles. The van der Waals surface area contributed by atoms with Gasteiger partial charge in [-0.3, -0.25) is 0 Å². The molecule has 0 N–H and O–H groups in total. The summed E-state index contributed by atoms with van der Waals surface area (Å²) in [5.74, 6) is 0.696. The normalized spacial score (nSPS) is 16.0. The number of nitrogens with zero attached hydrogens (tertiary/aromatic N) is 3. The van der Waals surface area contributed by atoms with Gasteiger partial charge < -0.3 is 9.32 Å². The molecule has 2 heterocycles. The molecule has 0 radical (unpaired) electrons. The molecule has 108 valence electrons. The number of aromatic nitrogens is 1. The van der Waals surface area contributed by atoms with Gasteiger partial charge in [-0.05, 0) is 40.9 Å². The number of hydrogen-bond acceptors (Lipinski definition) is 4. The van der Waals surface area contributed by atoms with Gasteiger partial charge in [0.1, 0.15) is 18.1 Å². The quantitative estimate of drug-likeness (QED) is 0.826. The van der Waals surface area contributed by atoms with Crippen molar-refractivity contribution in [2.45, 2.75) is 18.8 Å². The summed E-state index contributed by atoms with van der Waals surface area (Å²) in [5.41, 5.74) is 0.845. The van der Waals surface area contributed by atoms with Gasteiger partial charge in [-0.25, -0.2) is 9.37 Å². The van der Waals surface area contributed by atoms with E-state index in [1.165, 1.54) is 6.07 Å². The van der Waals surface area contributed by atoms with Gasteiger partial charge >= 0.3 is 0 Å². The molecule has 1 fully saturated rings. The molecule has 0 atom stereocenters. The van der Waals surface area contributed by atoms with Crippen LogP contribution in [0.1, 0.15) is 30.2 Å². The van der Waals surface area contributed by atoms with Crippen LogP contribution in [0.3, 0.4) is 0 Å². The van der Waals surface area contributed by atoms with E-state index in [9.17, 15) is 4.39 Å². The number of nitriles is 1. The van der Waals surface area contributed by atoms with Gasteiger partial charge in [0.05, 0.1) is 17.4 Å². The van der Waals surface area contributed by atoms with E-state index < -0.39 is 0 Å². The smallest absolute Gasteiger partial charge is 0.197 e. The van der Waals surface area contributed by atoms with Crippen molar-refractivity contribution in [3.8, 4) is 6.07 Å². The number of hydrogen-bond donors (Lipinski definition) is 0. The molecular weight excluding hydrogens is 337 g/mol. The maximum atomic E-state index is 14.1. The van der Waals surface area contributed by atoms with E-state index in [0.717, 1.165) is 31.8 Å². The van der Waals surface area contributed by atoms with Crippen LogP contribution in [0.5, 0.6) is 0 Å². The lowest BCUT2D eigenvalue weighted by Crippen LogP contribution is -2.33. The fraction of sp³-hybridized carbons (Fsp3) is 0.333. The Morgan fingerprint density at radius 1 is 1.38 bits per heavy atom. The number of rotatable bonds is 2. The lowest BCUT2D eigenvalue weighted by Gasteiger charge is -2.32. The second-order valence-electron chi connectivity index (χ2n) is 5.03. The highest BCUT2D eigenvalue weighted by molar-refractivity contribution is 9.10. The zero-order valence-electron chi connectivity index (χ0n) is 11.2. The van der Waals surface area contributed by atoms with Crippen molar-refractivity contribution in [2.75, 3.05) is 18.0 Å². The van der Waals surface area contributed by atoms with E-state index in [1.807, 2.05) is 11.0 Å². The van der Waals surface area contributed by atoms with Crippen molar-refractivity contribution in [2.24, 2.45) is 0 Å². The first kappa shape index (κ1) is 14.1. The van der Waals surface area contributed by atoms with Crippen LogP contribution in [0.15, 0.2) is 33.5 Å². The summed E-state index contributed by atoms with van der Waals surface area (Å²) in [6, 6.07) is 4.92. The lowest BCUT2D eigenvalue weighted by molar-refractivity contribution is 0.392. The average Bonchev–Trinajstić information content (AvgIpc) is 3.04. The van der Waals surface area contributed by atoms with Gasteiger partial charge in [-0.1, -0.05) is 0 Å². The van der Waals surface area contributed by atoms with Gasteiger partial charge in [-0.15, -0.1) is 0 Å². The van der Waals surface area contributed by atoms with Crippen LogP contribution < -0.4 is 4.90 Å². The van der Waals surface area contributed by atoms with E-state index in [4.69, 9.17) is 9.68 Å². The van der Waals surface area contributed by atoms with Crippen LogP contribution in [-0.2, 0) is 0 Å². The summed E-state index contributed by atoms with van der Waals surface area (Å²) in [7, 11) is 0. The molecular formula is C15H13BrFN3O. The topological polar surface area (TPSA) is 53.1 Å². The molecule has 1 aliphatic rings. The third kappa shape index (κ3) is 2.79. The second-order valence-corrected chi connectivity index (χ2v) is 5.88. The predicted octanol–water partition coefficient (Wildman–Crippen LogP) is 3.83. The molecule has 6 heteroatoms. The standard InChI is InChI=1S/C15H13BrFN3O/c16-12-8-14(13(17)7-11(12)9-18)20-4-1-10(2-5-20)15-19-3-6-21-15/h3,6-8,10H,1-2,4-5H2. The van der Waals surface area contributed by atoms with Crippen LogP contribution >= 0.6 is 15.9 Å². The molecule has 1 saturated heterocycles. The number of piperidine rings is 1. The third-order valence-electron chi connectivity index (χ3n) is 3.79. The molecule has 0 unspecified atom stereocenters. The first-order valence-corrected chi connectivity index (χ1v) is 7.52. The van der Waals surface area contributed by atoms with E-state index in [2.05, 4.69) is 20.9 Å². The fourth-order valence-corrected chi connectivity index (χ4v) is 3.09. The largest absolute Gasteiger partial charge is 0.449 e. The summed E-state index contributed by atoms with van der Waals surface area (Å²) >= 11 is 3.31. The number of benzene rings is 1. The monoisotopic (exact) mass is 349 g/mol. The Morgan fingerprint density at radius 2 is 2.14 bits per heavy atom. The molecule has 1 aliphatic heterocycles. The molecule has 3 rings (SSSR count). The zero-order chi connectivity index (χ0) is 14.8. The van der Waals surface area contributed by atoms with Crippen molar-refractivity contribution in [1.82, 2.24) is 4.98 Å². The minimum absolute atomic E-state index is 0.293. The second kappa shape index (κ2) is 5.86. The Bertz CT molecular complexity index is 673. The maximum absolute atomic E-state index is 14.1. The Kier molecular flexibility index (Phi) is 3.93. The Morgan fingerprint density at radius 3 is 2.76 bits per heavy atom.